The number of amides is 1. The molecule has 3 N–H and O–H groups in total. The van der Waals surface area contributed by atoms with Gasteiger partial charge in [0.15, 0.2) is 0 Å². The number of anilines is 1. The van der Waals surface area contributed by atoms with E-state index in [4.69, 9.17) is 5.73 Å². The molecular weight excluding hydrogens is 202 g/mol. The SMILES string of the molecule is CCCC(C)(C)NC(=O)c1cccnc1N. The minimum atomic E-state index is -0.214. The van der Waals surface area contributed by atoms with Gasteiger partial charge in [0.05, 0.1) is 5.56 Å². The molecule has 0 saturated carbocycles. The Morgan fingerprint density at radius 3 is 2.81 bits per heavy atom. The summed E-state index contributed by atoms with van der Waals surface area (Å²) in [4.78, 5) is 15.8. The number of nitrogens with two attached hydrogens (primary N) is 1. The topological polar surface area (TPSA) is 68.0 Å². The summed E-state index contributed by atoms with van der Waals surface area (Å²) < 4.78 is 0. The maximum absolute atomic E-state index is 11.9. The molecule has 1 rings (SSSR count). The lowest BCUT2D eigenvalue weighted by Gasteiger charge is -2.25. The molecule has 0 aliphatic carbocycles. The summed E-state index contributed by atoms with van der Waals surface area (Å²) in [7, 11) is 0. The molecule has 0 aliphatic rings. The summed E-state index contributed by atoms with van der Waals surface area (Å²) in [5.74, 6) is 0.108. The van der Waals surface area contributed by atoms with Gasteiger partial charge in [-0.2, -0.15) is 0 Å². The number of hydrogen-bond acceptors (Lipinski definition) is 3. The van der Waals surface area contributed by atoms with Gasteiger partial charge in [-0.15, -0.1) is 0 Å². The van der Waals surface area contributed by atoms with Crippen LogP contribution in [0.15, 0.2) is 18.3 Å². The highest BCUT2D eigenvalue weighted by Crippen LogP contribution is 2.14. The van der Waals surface area contributed by atoms with E-state index in [1.165, 1.54) is 0 Å². The Labute approximate surface area is 96.3 Å². The first kappa shape index (κ1) is 12.5. The Morgan fingerprint density at radius 2 is 2.25 bits per heavy atom. The van der Waals surface area contributed by atoms with Crippen molar-refractivity contribution in [1.29, 1.82) is 0 Å². The molecule has 0 spiro atoms. The molecule has 16 heavy (non-hydrogen) atoms. The summed E-state index contributed by atoms with van der Waals surface area (Å²) in [6.45, 7) is 6.09. The highest BCUT2D eigenvalue weighted by Gasteiger charge is 2.21. The van der Waals surface area contributed by atoms with Crippen molar-refractivity contribution in [3.05, 3.63) is 23.9 Å². The first-order valence-corrected chi connectivity index (χ1v) is 5.49. The van der Waals surface area contributed by atoms with Crippen LogP contribution < -0.4 is 11.1 Å². The number of aromatic nitrogens is 1. The van der Waals surface area contributed by atoms with Crippen LogP contribution in [0.2, 0.25) is 0 Å². The van der Waals surface area contributed by atoms with Gasteiger partial charge in [-0.1, -0.05) is 13.3 Å². The molecule has 0 saturated heterocycles. The third-order valence-corrected chi connectivity index (χ3v) is 2.41. The molecule has 4 heteroatoms. The quantitative estimate of drug-likeness (QED) is 0.816. The molecule has 0 radical (unpaired) electrons. The van der Waals surface area contributed by atoms with E-state index in [2.05, 4.69) is 17.2 Å². The molecule has 1 amide bonds. The van der Waals surface area contributed by atoms with Crippen molar-refractivity contribution in [3.8, 4) is 0 Å². The van der Waals surface area contributed by atoms with Crippen LogP contribution in [0, 0.1) is 0 Å². The molecule has 4 nitrogen and oxygen atoms in total. The van der Waals surface area contributed by atoms with Gasteiger partial charge >= 0.3 is 0 Å². The molecule has 0 fully saturated rings. The van der Waals surface area contributed by atoms with Crippen LogP contribution in [0.1, 0.15) is 44.0 Å². The number of rotatable bonds is 4. The molecule has 88 valence electrons. The smallest absolute Gasteiger partial charge is 0.255 e. The van der Waals surface area contributed by atoms with Crippen LogP contribution in [-0.2, 0) is 0 Å². The third kappa shape index (κ3) is 3.22. The predicted molar refractivity (Wildman–Crippen MR) is 65.1 cm³/mol. The molecule has 0 atom stereocenters. The van der Waals surface area contributed by atoms with Crippen molar-refractivity contribution in [3.63, 3.8) is 0 Å². The van der Waals surface area contributed by atoms with Crippen LogP contribution in [0.25, 0.3) is 0 Å². The molecule has 0 unspecified atom stereocenters. The highest BCUT2D eigenvalue weighted by atomic mass is 16.1. The van der Waals surface area contributed by atoms with Crippen molar-refractivity contribution in [1.82, 2.24) is 10.3 Å². The van der Waals surface area contributed by atoms with Gasteiger partial charge in [-0.05, 0) is 32.4 Å². The van der Waals surface area contributed by atoms with Crippen LogP contribution in [0.5, 0.6) is 0 Å². The highest BCUT2D eigenvalue weighted by molar-refractivity contribution is 5.98. The average Bonchev–Trinajstić information content (AvgIpc) is 2.17. The summed E-state index contributed by atoms with van der Waals surface area (Å²) in [6.07, 6.45) is 3.53. The van der Waals surface area contributed by atoms with Gasteiger partial charge in [-0.3, -0.25) is 4.79 Å². The summed E-state index contributed by atoms with van der Waals surface area (Å²) in [5, 5.41) is 2.96. The number of carbonyl (C=O) groups excluding carboxylic acids is 1. The zero-order valence-electron chi connectivity index (χ0n) is 10.1. The molecule has 0 bridgehead atoms. The minimum absolute atomic E-state index is 0.163. The van der Waals surface area contributed by atoms with Crippen molar-refractivity contribution in [2.45, 2.75) is 39.2 Å². The van der Waals surface area contributed by atoms with E-state index in [1.54, 1.807) is 18.3 Å². The van der Waals surface area contributed by atoms with Crippen LogP contribution >= 0.6 is 0 Å². The fourth-order valence-corrected chi connectivity index (χ4v) is 1.67. The second-order valence-electron chi connectivity index (χ2n) is 4.52. The first-order valence-electron chi connectivity index (χ1n) is 5.49. The fourth-order valence-electron chi connectivity index (χ4n) is 1.67. The van der Waals surface area contributed by atoms with Crippen LogP contribution in [-0.4, -0.2) is 16.4 Å². The monoisotopic (exact) mass is 221 g/mol. The van der Waals surface area contributed by atoms with Crippen molar-refractivity contribution >= 4 is 11.7 Å². The van der Waals surface area contributed by atoms with Gasteiger partial charge < -0.3 is 11.1 Å². The average molecular weight is 221 g/mol. The van der Waals surface area contributed by atoms with E-state index < -0.39 is 0 Å². The molecule has 1 aromatic heterocycles. The van der Waals surface area contributed by atoms with E-state index in [0.29, 0.717) is 5.56 Å². The largest absolute Gasteiger partial charge is 0.383 e. The van der Waals surface area contributed by atoms with Gasteiger partial charge in [0.1, 0.15) is 5.82 Å². The fraction of sp³-hybridized carbons (Fsp3) is 0.500. The van der Waals surface area contributed by atoms with E-state index in [1.807, 2.05) is 13.8 Å². The number of carbonyl (C=O) groups is 1. The lowest BCUT2D eigenvalue weighted by molar-refractivity contribution is 0.0909. The van der Waals surface area contributed by atoms with Crippen molar-refractivity contribution < 1.29 is 4.79 Å². The van der Waals surface area contributed by atoms with Gasteiger partial charge in [-0.25, -0.2) is 4.98 Å². The Kier molecular flexibility index (Phi) is 3.88. The molecule has 0 aliphatic heterocycles. The second-order valence-corrected chi connectivity index (χ2v) is 4.52. The lowest BCUT2D eigenvalue weighted by Crippen LogP contribution is -2.43. The molecule has 0 aromatic carbocycles. The Bertz CT molecular complexity index is 374. The number of nitrogens with zero attached hydrogens (tertiary/aromatic N) is 1. The van der Waals surface area contributed by atoms with Crippen LogP contribution in [0.4, 0.5) is 5.82 Å². The Balaban J connectivity index is 2.77. The van der Waals surface area contributed by atoms with Crippen LogP contribution in [0.3, 0.4) is 0 Å². The zero-order chi connectivity index (χ0) is 12.2. The second kappa shape index (κ2) is 4.96. The lowest BCUT2D eigenvalue weighted by atomic mass is 9.98. The normalized spacial score (nSPS) is 11.2. The standard InChI is InChI=1S/C12H19N3O/c1-4-7-12(2,3)15-11(16)9-6-5-8-14-10(9)13/h5-6,8H,4,7H2,1-3H3,(H2,13,14)(H,15,16). The molecule has 1 aromatic rings. The maximum Gasteiger partial charge on any atom is 0.255 e. The minimum Gasteiger partial charge on any atom is -0.383 e. The summed E-state index contributed by atoms with van der Waals surface area (Å²) >= 11 is 0. The van der Waals surface area contributed by atoms with E-state index in [-0.39, 0.29) is 17.3 Å². The summed E-state index contributed by atoms with van der Waals surface area (Å²) in [5.41, 5.74) is 5.86. The van der Waals surface area contributed by atoms with Gasteiger partial charge in [0, 0.05) is 11.7 Å². The molecular formula is C12H19N3O. The van der Waals surface area contributed by atoms with E-state index >= 15 is 0 Å². The summed E-state index contributed by atoms with van der Waals surface area (Å²) in [6, 6.07) is 3.39. The first-order chi connectivity index (χ1) is 7.46. The number of hydrogen-bond donors (Lipinski definition) is 2. The maximum atomic E-state index is 11.9. The van der Waals surface area contributed by atoms with Crippen molar-refractivity contribution in [2.75, 3.05) is 5.73 Å². The predicted octanol–water partition coefficient (Wildman–Crippen LogP) is 1.97. The van der Waals surface area contributed by atoms with Gasteiger partial charge in [0.25, 0.3) is 5.91 Å². The number of nitrogen functional groups attached to an aromatic ring is 1. The number of pyridine rings is 1. The Hall–Kier alpha value is -1.58. The van der Waals surface area contributed by atoms with Crippen molar-refractivity contribution in [2.24, 2.45) is 0 Å². The number of nitrogens with one attached hydrogen (secondary N) is 1. The van der Waals surface area contributed by atoms with E-state index in [9.17, 15) is 4.79 Å². The molecule has 1 heterocycles. The zero-order valence-corrected chi connectivity index (χ0v) is 10.1. The van der Waals surface area contributed by atoms with E-state index in [0.717, 1.165) is 12.8 Å². The van der Waals surface area contributed by atoms with Gasteiger partial charge in [0.2, 0.25) is 0 Å². The third-order valence-electron chi connectivity index (χ3n) is 2.41. The Morgan fingerprint density at radius 1 is 1.56 bits per heavy atom.